The Hall–Kier alpha value is -2.12. The van der Waals surface area contributed by atoms with Crippen LogP contribution in [0.3, 0.4) is 0 Å². The third-order valence-electron chi connectivity index (χ3n) is 6.06. The number of ether oxygens (including phenoxy) is 1. The molecule has 3 aliphatic rings. The van der Waals surface area contributed by atoms with Crippen molar-refractivity contribution in [1.82, 2.24) is 15.5 Å². The van der Waals surface area contributed by atoms with Crippen molar-refractivity contribution >= 4 is 17.5 Å². The molecular formula is C21H30N4O3. The molecule has 4 rings (SSSR count). The molecule has 0 saturated carbocycles. The van der Waals surface area contributed by atoms with E-state index in [2.05, 4.69) is 39.8 Å². The Morgan fingerprint density at radius 3 is 2.75 bits per heavy atom. The van der Waals surface area contributed by atoms with Gasteiger partial charge in [0.25, 0.3) is 0 Å². The number of fused-ring (bicyclic) bond motifs is 1. The van der Waals surface area contributed by atoms with Crippen LogP contribution in [0.4, 0.5) is 5.69 Å². The molecule has 2 fully saturated rings. The molecule has 7 heteroatoms. The van der Waals surface area contributed by atoms with Crippen LogP contribution in [0.15, 0.2) is 24.3 Å². The lowest BCUT2D eigenvalue weighted by Gasteiger charge is -2.34. The molecule has 2 amide bonds. The van der Waals surface area contributed by atoms with Gasteiger partial charge in [-0.3, -0.25) is 9.59 Å². The van der Waals surface area contributed by atoms with Gasteiger partial charge in [-0.05, 0) is 24.5 Å². The maximum absolute atomic E-state index is 12.7. The molecule has 2 atom stereocenters. The molecule has 1 aromatic rings. The number of rotatable bonds is 5. The number of nitrogens with zero attached hydrogens (tertiary/aromatic N) is 2. The molecule has 28 heavy (non-hydrogen) atoms. The first-order chi connectivity index (χ1) is 13.7. The van der Waals surface area contributed by atoms with E-state index in [9.17, 15) is 9.59 Å². The molecule has 1 aromatic carbocycles. The van der Waals surface area contributed by atoms with Crippen LogP contribution in [0, 0.1) is 11.8 Å². The molecule has 0 bridgehead atoms. The Morgan fingerprint density at radius 1 is 1.11 bits per heavy atom. The second-order valence-corrected chi connectivity index (χ2v) is 7.88. The van der Waals surface area contributed by atoms with Crippen molar-refractivity contribution in [3.05, 3.63) is 29.8 Å². The Morgan fingerprint density at radius 2 is 1.89 bits per heavy atom. The second-order valence-electron chi connectivity index (χ2n) is 7.88. The maximum Gasteiger partial charge on any atom is 0.227 e. The first-order valence-electron chi connectivity index (χ1n) is 10.4. The Bertz CT molecular complexity index is 705. The van der Waals surface area contributed by atoms with E-state index in [1.807, 2.05) is 4.90 Å². The van der Waals surface area contributed by atoms with E-state index in [1.165, 1.54) is 11.3 Å². The number of para-hydroxylation sites is 1. The summed E-state index contributed by atoms with van der Waals surface area (Å²) in [5.74, 6) is -0.0518. The van der Waals surface area contributed by atoms with Crippen LogP contribution in [0.25, 0.3) is 0 Å². The molecule has 0 spiro atoms. The number of carbonyl (C=O) groups is 2. The molecule has 3 heterocycles. The minimum Gasteiger partial charge on any atom is -0.378 e. The van der Waals surface area contributed by atoms with Crippen LogP contribution in [0.5, 0.6) is 0 Å². The van der Waals surface area contributed by atoms with Gasteiger partial charge in [-0.2, -0.15) is 0 Å². The standard InChI is InChI=1S/C21H30N4O3/c26-20(23-6-8-24-7-5-16-3-1-2-4-19(16)24)17-13-18(15-22-14-17)21(27)25-9-11-28-12-10-25/h1-4,17-18,22H,5-15H2,(H,23,26)/t17-,18-/m1/s1. The van der Waals surface area contributed by atoms with Gasteiger partial charge in [-0.15, -0.1) is 0 Å². The largest absolute Gasteiger partial charge is 0.378 e. The van der Waals surface area contributed by atoms with Crippen molar-refractivity contribution in [2.45, 2.75) is 12.8 Å². The SMILES string of the molecule is O=C(NCCN1CCc2ccccc21)[C@H]1CNC[C@H](C(=O)N2CCOCC2)C1. The zero-order chi connectivity index (χ0) is 19.3. The highest BCUT2D eigenvalue weighted by Crippen LogP contribution is 2.26. The van der Waals surface area contributed by atoms with Crippen molar-refractivity contribution in [3.63, 3.8) is 0 Å². The van der Waals surface area contributed by atoms with Crippen molar-refractivity contribution < 1.29 is 14.3 Å². The number of hydrogen-bond donors (Lipinski definition) is 2. The van der Waals surface area contributed by atoms with Gasteiger partial charge in [-0.1, -0.05) is 18.2 Å². The summed E-state index contributed by atoms with van der Waals surface area (Å²) >= 11 is 0. The van der Waals surface area contributed by atoms with Gasteiger partial charge in [0.05, 0.1) is 25.0 Å². The summed E-state index contributed by atoms with van der Waals surface area (Å²) in [4.78, 5) is 29.6. The van der Waals surface area contributed by atoms with E-state index in [0.717, 1.165) is 19.5 Å². The van der Waals surface area contributed by atoms with Crippen LogP contribution in [0.1, 0.15) is 12.0 Å². The lowest BCUT2D eigenvalue weighted by molar-refractivity contribution is -0.141. The molecule has 0 aromatic heterocycles. The van der Waals surface area contributed by atoms with Gasteiger partial charge < -0.3 is 25.2 Å². The van der Waals surface area contributed by atoms with Crippen LogP contribution < -0.4 is 15.5 Å². The molecule has 152 valence electrons. The number of morpholine rings is 1. The number of amides is 2. The summed E-state index contributed by atoms with van der Waals surface area (Å²) in [5.41, 5.74) is 2.67. The average Bonchev–Trinajstić information content (AvgIpc) is 3.17. The van der Waals surface area contributed by atoms with E-state index in [-0.39, 0.29) is 23.7 Å². The fourth-order valence-corrected chi connectivity index (χ4v) is 4.47. The zero-order valence-corrected chi connectivity index (χ0v) is 16.4. The first kappa shape index (κ1) is 19.2. The number of nitrogens with one attached hydrogen (secondary N) is 2. The van der Waals surface area contributed by atoms with Crippen molar-refractivity contribution in [3.8, 4) is 0 Å². The van der Waals surface area contributed by atoms with E-state index in [0.29, 0.717) is 52.4 Å². The van der Waals surface area contributed by atoms with Gasteiger partial charge >= 0.3 is 0 Å². The first-order valence-corrected chi connectivity index (χ1v) is 10.4. The minimum atomic E-state index is -0.144. The van der Waals surface area contributed by atoms with E-state index in [4.69, 9.17) is 4.74 Å². The molecule has 0 aliphatic carbocycles. The maximum atomic E-state index is 12.7. The lowest BCUT2D eigenvalue weighted by Crippen LogP contribution is -2.51. The van der Waals surface area contributed by atoms with Crippen molar-refractivity contribution in [1.29, 1.82) is 0 Å². The zero-order valence-electron chi connectivity index (χ0n) is 16.4. The van der Waals surface area contributed by atoms with Crippen LogP contribution in [-0.2, 0) is 20.7 Å². The number of piperidine rings is 1. The normalized spacial score (nSPS) is 24.7. The van der Waals surface area contributed by atoms with Crippen molar-refractivity contribution in [2.24, 2.45) is 11.8 Å². The predicted molar refractivity (Wildman–Crippen MR) is 107 cm³/mol. The Labute approximate surface area is 166 Å². The molecule has 2 saturated heterocycles. The summed E-state index contributed by atoms with van der Waals surface area (Å²) in [7, 11) is 0. The molecule has 3 aliphatic heterocycles. The van der Waals surface area contributed by atoms with E-state index in [1.54, 1.807) is 0 Å². The number of benzene rings is 1. The Balaban J connectivity index is 1.24. The van der Waals surface area contributed by atoms with Crippen molar-refractivity contribution in [2.75, 3.05) is 63.9 Å². The summed E-state index contributed by atoms with van der Waals surface area (Å²) in [6.07, 6.45) is 1.70. The molecule has 0 unspecified atom stereocenters. The molecule has 7 nitrogen and oxygen atoms in total. The second kappa shape index (κ2) is 8.92. The summed E-state index contributed by atoms with van der Waals surface area (Å²) in [6, 6.07) is 8.47. The Kier molecular flexibility index (Phi) is 6.12. The number of hydrogen-bond acceptors (Lipinski definition) is 5. The quantitative estimate of drug-likeness (QED) is 0.759. The van der Waals surface area contributed by atoms with Gasteiger partial charge in [0.1, 0.15) is 0 Å². The smallest absolute Gasteiger partial charge is 0.227 e. The van der Waals surface area contributed by atoms with Crippen LogP contribution in [-0.4, -0.2) is 75.7 Å². The predicted octanol–water partition coefficient (Wildman–Crippen LogP) is 0.250. The van der Waals surface area contributed by atoms with Crippen LogP contribution >= 0.6 is 0 Å². The van der Waals surface area contributed by atoms with Crippen LogP contribution in [0.2, 0.25) is 0 Å². The fourth-order valence-electron chi connectivity index (χ4n) is 4.47. The summed E-state index contributed by atoms with van der Waals surface area (Å²) < 4.78 is 5.33. The van der Waals surface area contributed by atoms with E-state index < -0.39 is 0 Å². The van der Waals surface area contributed by atoms with Gasteiger partial charge in [-0.25, -0.2) is 0 Å². The highest BCUT2D eigenvalue weighted by molar-refractivity contribution is 5.83. The molecule has 0 radical (unpaired) electrons. The molecular weight excluding hydrogens is 356 g/mol. The van der Waals surface area contributed by atoms with Gasteiger partial charge in [0.2, 0.25) is 11.8 Å². The van der Waals surface area contributed by atoms with E-state index >= 15 is 0 Å². The third-order valence-corrected chi connectivity index (χ3v) is 6.06. The monoisotopic (exact) mass is 386 g/mol. The van der Waals surface area contributed by atoms with Gasteiger partial charge in [0.15, 0.2) is 0 Å². The topological polar surface area (TPSA) is 73.9 Å². The average molecular weight is 386 g/mol. The highest BCUT2D eigenvalue weighted by atomic mass is 16.5. The highest BCUT2D eigenvalue weighted by Gasteiger charge is 2.33. The third kappa shape index (κ3) is 4.31. The molecule has 2 N–H and O–H groups in total. The summed E-state index contributed by atoms with van der Waals surface area (Å²) in [5, 5.41) is 6.36. The minimum absolute atomic E-state index is 0.0551. The number of carbonyl (C=O) groups excluding carboxylic acids is 2. The summed E-state index contributed by atoms with van der Waals surface area (Å²) in [6.45, 7) is 6.29. The van der Waals surface area contributed by atoms with Gasteiger partial charge in [0, 0.05) is 51.5 Å². The fraction of sp³-hybridized carbons (Fsp3) is 0.619. The number of anilines is 1. The lowest BCUT2D eigenvalue weighted by atomic mass is 9.88.